The second-order valence-electron chi connectivity index (χ2n) is 3.89. The third-order valence-corrected chi connectivity index (χ3v) is 4.15. The van der Waals surface area contributed by atoms with Crippen LogP contribution in [0, 0.1) is 5.92 Å². The van der Waals surface area contributed by atoms with Crippen molar-refractivity contribution >= 4 is 27.5 Å². The van der Waals surface area contributed by atoms with Crippen molar-refractivity contribution in [2.24, 2.45) is 5.92 Å². The molecule has 0 bridgehead atoms. The summed E-state index contributed by atoms with van der Waals surface area (Å²) in [4.78, 5) is 0. The second-order valence-corrected chi connectivity index (χ2v) is 5.12. The zero-order valence-electron chi connectivity index (χ0n) is 10.0. The lowest BCUT2D eigenvalue weighted by molar-refractivity contribution is 0.0387. The number of halogens is 2. The van der Waals surface area contributed by atoms with Gasteiger partial charge in [0.25, 0.3) is 0 Å². The van der Waals surface area contributed by atoms with Crippen LogP contribution < -0.4 is 0 Å². The Kier molecular flexibility index (Phi) is 6.93. The molecule has 0 amide bonds. The zero-order valence-corrected chi connectivity index (χ0v) is 12.4. The quantitative estimate of drug-likeness (QED) is 0.553. The van der Waals surface area contributed by atoms with Gasteiger partial charge in [0.15, 0.2) is 0 Å². The fraction of sp³-hybridized carbons (Fsp3) is 0.538. The Balaban J connectivity index is 2.54. The van der Waals surface area contributed by atoms with Crippen LogP contribution in [-0.2, 0) is 9.47 Å². The van der Waals surface area contributed by atoms with Gasteiger partial charge < -0.3 is 9.47 Å². The van der Waals surface area contributed by atoms with Crippen LogP contribution in [-0.4, -0.2) is 19.8 Å². The van der Waals surface area contributed by atoms with E-state index in [1.54, 1.807) is 6.08 Å². The van der Waals surface area contributed by atoms with Crippen molar-refractivity contribution in [3.05, 3.63) is 34.0 Å². The average molecular weight is 322 g/mol. The maximum Gasteiger partial charge on any atom is 0.138 e. The average Bonchev–Trinajstić information content (AvgIpc) is 2.39. The predicted octanol–water partition coefficient (Wildman–Crippen LogP) is 4.36. The van der Waals surface area contributed by atoms with E-state index in [0.717, 1.165) is 30.5 Å². The number of allylic oxidation sites excluding steroid dienone is 4. The van der Waals surface area contributed by atoms with Gasteiger partial charge in [-0.15, -0.1) is 0 Å². The van der Waals surface area contributed by atoms with Crippen LogP contribution in [0.25, 0.3) is 0 Å². The smallest absolute Gasteiger partial charge is 0.138 e. The molecule has 0 spiro atoms. The molecule has 0 unspecified atom stereocenters. The molecular formula is C13H18BrClO2. The van der Waals surface area contributed by atoms with Crippen LogP contribution >= 0.6 is 27.5 Å². The summed E-state index contributed by atoms with van der Waals surface area (Å²) in [5.74, 6) is 1.18. The molecule has 0 aromatic rings. The van der Waals surface area contributed by atoms with Gasteiger partial charge in [-0.2, -0.15) is 0 Å². The van der Waals surface area contributed by atoms with Crippen LogP contribution in [0.3, 0.4) is 0 Å². The normalized spacial score (nSPS) is 19.8. The minimum atomic E-state index is 0.549. The molecule has 1 aliphatic heterocycles. The molecule has 1 fully saturated rings. The van der Waals surface area contributed by atoms with Gasteiger partial charge in [-0.1, -0.05) is 24.3 Å². The summed E-state index contributed by atoms with van der Waals surface area (Å²) in [5, 5.41) is 0.564. The molecule has 0 aromatic heterocycles. The highest BCUT2D eigenvalue weighted by molar-refractivity contribution is 9.12. The predicted molar refractivity (Wildman–Crippen MR) is 75.3 cm³/mol. The first kappa shape index (κ1) is 14.8. The van der Waals surface area contributed by atoms with Crippen LogP contribution in [0.4, 0.5) is 0 Å². The molecule has 0 atom stereocenters. The molecule has 1 saturated heterocycles. The third kappa shape index (κ3) is 4.86. The maximum atomic E-state index is 6.16. The largest absolute Gasteiger partial charge is 0.492 e. The SMILES string of the molecule is C=CC(OCC1CCOCC1)=C(Cl)C(Br)=CC. The minimum absolute atomic E-state index is 0.549. The highest BCUT2D eigenvalue weighted by Gasteiger charge is 2.15. The molecule has 4 heteroatoms. The van der Waals surface area contributed by atoms with Gasteiger partial charge in [0.05, 0.1) is 11.6 Å². The van der Waals surface area contributed by atoms with E-state index in [9.17, 15) is 0 Å². The van der Waals surface area contributed by atoms with Crippen LogP contribution in [0.2, 0.25) is 0 Å². The van der Waals surface area contributed by atoms with Crippen molar-refractivity contribution in [2.75, 3.05) is 19.8 Å². The van der Waals surface area contributed by atoms with E-state index in [-0.39, 0.29) is 0 Å². The second kappa shape index (κ2) is 7.96. The highest BCUT2D eigenvalue weighted by Crippen LogP contribution is 2.26. The van der Waals surface area contributed by atoms with Crippen LogP contribution in [0.5, 0.6) is 0 Å². The molecule has 0 radical (unpaired) electrons. The lowest BCUT2D eigenvalue weighted by Crippen LogP contribution is -2.20. The van der Waals surface area contributed by atoms with Gasteiger partial charge in [0.1, 0.15) is 5.76 Å². The molecule has 0 N–H and O–H groups in total. The van der Waals surface area contributed by atoms with Gasteiger partial charge >= 0.3 is 0 Å². The highest BCUT2D eigenvalue weighted by atomic mass is 79.9. The maximum absolute atomic E-state index is 6.16. The summed E-state index contributed by atoms with van der Waals surface area (Å²) in [6.07, 6.45) is 5.62. The number of hydrogen-bond donors (Lipinski definition) is 0. The van der Waals surface area contributed by atoms with Crippen molar-refractivity contribution in [3.63, 3.8) is 0 Å². The summed E-state index contributed by atoms with van der Waals surface area (Å²) >= 11 is 9.53. The molecule has 17 heavy (non-hydrogen) atoms. The van der Waals surface area contributed by atoms with Crippen molar-refractivity contribution in [3.8, 4) is 0 Å². The van der Waals surface area contributed by atoms with E-state index < -0.39 is 0 Å². The molecule has 1 aliphatic rings. The monoisotopic (exact) mass is 320 g/mol. The summed E-state index contributed by atoms with van der Waals surface area (Å²) in [5.41, 5.74) is 0. The van der Waals surface area contributed by atoms with Gasteiger partial charge in [0.2, 0.25) is 0 Å². The first-order valence-corrected chi connectivity index (χ1v) is 6.91. The van der Waals surface area contributed by atoms with Gasteiger partial charge in [-0.05, 0) is 47.7 Å². The van der Waals surface area contributed by atoms with Crippen LogP contribution in [0.15, 0.2) is 34.0 Å². The molecule has 96 valence electrons. The summed E-state index contributed by atoms with van der Waals surface area (Å²) in [6.45, 7) is 7.96. The Morgan fingerprint density at radius 2 is 2.18 bits per heavy atom. The first-order chi connectivity index (χ1) is 8.19. The van der Waals surface area contributed by atoms with Gasteiger partial charge in [-0.3, -0.25) is 0 Å². The van der Waals surface area contributed by atoms with Crippen molar-refractivity contribution in [1.29, 1.82) is 0 Å². The topological polar surface area (TPSA) is 18.5 Å². The first-order valence-electron chi connectivity index (χ1n) is 5.74. The molecule has 0 saturated carbocycles. The Hall–Kier alpha value is -0.250. The Morgan fingerprint density at radius 3 is 2.71 bits per heavy atom. The zero-order chi connectivity index (χ0) is 12.7. The molecule has 0 aromatic carbocycles. The van der Waals surface area contributed by atoms with Crippen molar-refractivity contribution in [2.45, 2.75) is 19.8 Å². The standard InChI is InChI=1S/C13H18BrClO2/c1-3-11(14)13(15)12(4-2)17-9-10-5-7-16-8-6-10/h3-4,10H,2,5-9H2,1H3. The lowest BCUT2D eigenvalue weighted by Gasteiger charge is -2.22. The van der Waals surface area contributed by atoms with Gasteiger partial charge in [0, 0.05) is 17.7 Å². The molecular weight excluding hydrogens is 303 g/mol. The number of rotatable bonds is 5. The van der Waals surface area contributed by atoms with E-state index in [4.69, 9.17) is 21.1 Å². The molecule has 2 nitrogen and oxygen atoms in total. The van der Waals surface area contributed by atoms with Gasteiger partial charge in [-0.25, -0.2) is 0 Å². The fourth-order valence-electron chi connectivity index (χ4n) is 1.58. The Morgan fingerprint density at radius 1 is 1.53 bits per heavy atom. The number of ether oxygens (including phenoxy) is 2. The van der Waals surface area contributed by atoms with E-state index in [2.05, 4.69) is 22.5 Å². The van der Waals surface area contributed by atoms with Crippen LogP contribution in [0.1, 0.15) is 19.8 Å². The number of hydrogen-bond acceptors (Lipinski definition) is 2. The summed E-state index contributed by atoms with van der Waals surface area (Å²) in [6, 6.07) is 0. The summed E-state index contributed by atoms with van der Waals surface area (Å²) in [7, 11) is 0. The van der Waals surface area contributed by atoms with Crippen molar-refractivity contribution < 1.29 is 9.47 Å². The van der Waals surface area contributed by atoms with E-state index in [1.807, 2.05) is 13.0 Å². The Labute approximate surface area is 116 Å². The molecule has 1 heterocycles. The Bertz CT molecular complexity index is 317. The minimum Gasteiger partial charge on any atom is -0.492 e. The summed E-state index contributed by atoms with van der Waals surface area (Å²) < 4.78 is 11.8. The lowest BCUT2D eigenvalue weighted by atomic mass is 10.0. The molecule has 0 aliphatic carbocycles. The third-order valence-electron chi connectivity index (χ3n) is 2.68. The molecule has 1 rings (SSSR count). The van der Waals surface area contributed by atoms with E-state index in [0.29, 0.717) is 23.3 Å². The van der Waals surface area contributed by atoms with Crippen molar-refractivity contribution in [1.82, 2.24) is 0 Å². The van der Waals surface area contributed by atoms with E-state index in [1.165, 1.54) is 0 Å². The fourth-order valence-corrected chi connectivity index (χ4v) is 2.01. The van der Waals surface area contributed by atoms with E-state index >= 15 is 0 Å².